The van der Waals surface area contributed by atoms with Crippen LogP contribution in [0.2, 0.25) is 0 Å². The third-order valence-corrected chi connectivity index (χ3v) is 3.53. The van der Waals surface area contributed by atoms with Crippen molar-refractivity contribution in [2.24, 2.45) is 5.10 Å². The summed E-state index contributed by atoms with van der Waals surface area (Å²) in [7, 11) is 0. The SMILES string of the molecule is Cc1n[nH]c(=S)n1/N=C/c1ccc(OCc2ccccc2)cc1. The van der Waals surface area contributed by atoms with E-state index >= 15 is 0 Å². The minimum absolute atomic E-state index is 0.474. The minimum atomic E-state index is 0.474. The molecule has 3 aromatic rings. The van der Waals surface area contributed by atoms with Gasteiger partial charge < -0.3 is 4.74 Å². The highest BCUT2D eigenvalue weighted by Gasteiger charge is 1.98. The van der Waals surface area contributed by atoms with Gasteiger partial charge in [0.2, 0.25) is 4.77 Å². The summed E-state index contributed by atoms with van der Waals surface area (Å²) in [5, 5.41) is 11.0. The predicted octanol–water partition coefficient (Wildman–Crippen LogP) is 3.71. The number of nitrogens with zero attached hydrogens (tertiary/aromatic N) is 3. The van der Waals surface area contributed by atoms with Gasteiger partial charge in [-0.2, -0.15) is 14.9 Å². The molecule has 0 radical (unpaired) electrons. The van der Waals surface area contributed by atoms with E-state index in [0.29, 0.717) is 17.2 Å². The Balaban J connectivity index is 1.64. The van der Waals surface area contributed by atoms with Gasteiger partial charge in [0.1, 0.15) is 18.2 Å². The Labute approximate surface area is 139 Å². The standard InChI is InChI=1S/C17H16N4OS/c1-13-19-20-17(23)21(13)18-11-14-7-9-16(10-8-14)22-12-15-5-3-2-4-6-15/h2-11H,12H2,1H3,(H,20,23)/b18-11+. The molecule has 0 amide bonds. The van der Waals surface area contributed by atoms with Gasteiger partial charge in [0.05, 0.1) is 6.21 Å². The number of nitrogens with one attached hydrogen (secondary N) is 1. The third kappa shape index (κ3) is 3.92. The van der Waals surface area contributed by atoms with Crippen molar-refractivity contribution in [3.8, 4) is 5.75 Å². The quantitative estimate of drug-likeness (QED) is 0.575. The van der Waals surface area contributed by atoms with Crippen LogP contribution in [-0.2, 0) is 6.61 Å². The molecule has 23 heavy (non-hydrogen) atoms. The van der Waals surface area contributed by atoms with E-state index < -0.39 is 0 Å². The van der Waals surface area contributed by atoms with Gasteiger partial charge in [-0.15, -0.1) is 0 Å². The number of ether oxygens (including phenoxy) is 1. The number of aryl methyl sites for hydroxylation is 1. The van der Waals surface area contributed by atoms with Crippen LogP contribution < -0.4 is 4.74 Å². The van der Waals surface area contributed by atoms with E-state index in [2.05, 4.69) is 15.3 Å². The van der Waals surface area contributed by atoms with Crippen molar-refractivity contribution < 1.29 is 4.74 Å². The zero-order valence-corrected chi connectivity index (χ0v) is 13.5. The molecular weight excluding hydrogens is 308 g/mol. The summed E-state index contributed by atoms with van der Waals surface area (Å²) in [6.07, 6.45) is 1.74. The maximum Gasteiger partial charge on any atom is 0.216 e. The van der Waals surface area contributed by atoms with Crippen molar-refractivity contribution in [1.82, 2.24) is 14.9 Å². The summed E-state index contributed by atoms with van der Waals surface area (Å²) in [5.41, 5.74) is 2.10. The molecule has 0 spiro atoms. The predicted molar refractivity (Wildman–Crippen MR) is 92.4 cm³/mol. The van der Waals surface area contributed by atoms with E-state index in [-0.39, 0.29) is 0 Å². The number of rotatable bonds is 5. The number of aromatic amines is 1. The van der Waals surface area contributed by atoms with Gasteiger partial charge in [-0.05, 0) is 54.5 Å². The summed E-state index contributed by atoms with van der Waals surface area (Å²) in [5.74, 6) is 1.54. The third-order valence-electron chi connectivity index (χ3n) is 3.26. The Bertz CT molecular complexity index is 850. The lowest BCUT2D eigenvalue weighted by molar-refractivity contribution is 0.306. The van der Waals surface area contributed by atoms with E-state index in [0.717, 1.165) is 16.9 Å². The molecule has 1 heterocycles. The Morgan fingerprint density at radius 2 is 1.91 bits per heavy atom. The molecule has 5 nitrogen and oxygen atoms in total. The molecule has 0 aliphatic rings. The average Bonchev–Trinajstić information content (AvgIpc) is 2.91. The molecule has 0 atom stereocenters. The van der Waals surface area contributed by atoms with E-state index in [9.17, 15) is 0 Å². The Morgan fingerprint density at radius 1 is 1.17 bits per heavy atom. The number of H-pyrrole nitrogens is 1. The number of aromatic nitrogens is 3. The zero-order valence-electron chi connectivity index (χ0n) is 12.6. The smallest absolute Gasteiger partial charge is 0.216 e. The highest BCUT2D eigenvalue weighted by atomic mass is 32.1. The van der Waals surface area contributed by atoms with E-state index in [1.54, 1.807) is 10.9 Å². The van der Waals surface area contributed by atoms with E-state index in [1.807, 2.05) is 61.5 Å². The molecule has 0 aliphatic heterocycles. The van der Waals surface area contributed by atoms with E-state index in [1.165, 1.54) is 0 Å². The fraction of sp³-hybridized carbons (Fsp3) is 0.118. The summed E-state index contributed by atoms with van der Waals surface area (Å²) in [6.45, 7) is 2.39. The fourth-order valence-electron chi connectivity index (χ4n) is 2.02. The summed E-state index contributed by atoms with van der Waals surface area (Å²) >= 11 is 5.10. The molecule has 0 saturated heterocycles. The zero-order chi connectivity index (χ0) is 16.1. The molecule has 2 aromatic carbocycles. The first kappa shape index (κ1) is 15.2. The second-order valence-corrected chi connectivity index (χ2v) is 5.36. The molecule has 1 aromatic heterocycles. The van der Waals surface area contributed by atoms with Crippen LogP contribution >= 0.6 is 12.2 Å². The minimum Gasteiger partial charge on any atom is -0.489 e. The largest absolute Gasteiger partial charge is 0.489 e. The first-order valence-corrected chi connectivity index (χ1v) is 7.58. The first-order chi connectivity index (χ1) is 11.2. The normalized spacial score (nSPS) is 11.0. The lowest BCUT2D eigenvalue weighted by Crippen LogP contribution is -1.96. The molecule has 0 fully saturated rings. The fourth-order valence-corrected chi connectivity index (χ4v) is 2.25. The molecular formula is C17H16N4OS. The maximum absolute atomic E-state index is 5.75. The van der Waals surface area contributed by atoms with Crippen LogP contribution in [0, 0.1) is 11.7 Å². The summed E-state index contributed by atoms with van der Waals surface area (Å²) in [6, 6.07) is 17.8. The Kier molecular flexibility index (Phi) is 4.63. The van der Waals surface area contributed by atoms with Gasteiger partial charge in [0.15, 0.2) is 0 Å². The summed E-state index contributed by atoms with van der Waals surface area (Å²) < 4.78 is 7.81. The molecule has 1 N–H and O–H groups in total. The van der Waals surface area contributed by atoms with Gasteiger partial charge in [-0.1, -0.05) is 30.3 Å². The molecule has 0 aliphatic carbocycles. The Hall–Kier alpha value is -2.73. The second kappa shape index (κ2) is 7.02. The maximum atomic E-state index is 5.75. The lowest BCUT2D eigenvalue weighted by Gasteiger charge is -2.06. The van der Waals surface area contributed by atoms with Crippen LogP contribution in [0.15, 0.2) is 59.7 Å². The monoisotopic (exact) mass is 324 g/mol. The van der Waals surface area contributed by atoms with Crippen LogP contribution in [0.4, 0.5) is 0 Å². The van der Waals surface area contributed by atoms with Crippen molar-refractivity contribution >= 4 is 18.4 Å². The van der Waals surface area contributed by atoms with E-state index in [4.69, 9.17) is 17.0 Å². The van der Waals surface area contributed by atoms with Gasteiger partial charge >= 0.3 is 0 Å². The van der Waals surface area contributed by atoms with Gasteiger partial charge in [-0.25, -0.2) is 0 Å². The van der Waals surface area contributed by atoms with Crippen LogP contribution in [0.5, 0.6) is 5.75 Å². The summed E-state index contributed by atoms with van der Waals surface area (Å²) in [4.78, 5) is 0. The molecule has 0 bridgehead atoms. The molecule has 3 rings (SSSR count). The molecule has 116 valence electrons. The van der Waals surface area contributed by atoms with Crippen LogP contribution in [-0.4, -0.2) is 21.1 Å². The second-order valence-electron chi connectivity index (χ2n) is 4.98. The number of hydrogen-bond acceptors (Lipinski definition) is 4. The van der Waals surface area contributed by atoms with Crippen LogP contribution in [0.25, 0.3) is 0 Å². The lowest BCUT2D eigenvalue weighted by atomic mass is 10.2. The Morgan fingerprint density at radius 3 is 2.57 bits per heavy atom. The molecule has 6 heteroatoms. The van der Waals surface area contributed by atoms with Crippen molar-refractivity contribution in [1.29, 1.82) is 0 Å². The van der Waals surface area contributed by atoms with Crippen molar-refractivity contribution in [3.05, 3.63) is 76.3 Å². The average molecular weight is 324 g/mol. The molecule has 0 saturated carbocycles. The van der Waals surface area contributed by atoms with Crippen molar-refractivity contribution in [3.63, 3.8) is 0 Å². The van der Waals surface area contributed by atoms with Gasteiger partial charge in [0.25, 0.3) is 0 Å². The van der Waals surface area contributed by atoms with Crippen molar-refractivity contribution in [2.75, 3.05) is 0 Å². The number of hydrogen-bond donors (Lipinski definition) is 1. The van der Waals surface area contributed by atoms with Gasteiger partial charge in [-0.3, -0.25) is 5.10 Å². The first-order valence-electron chi connectivity index (χ1n) is 7.17. The van der Waals surface area contributed by atoms with Crippen LogP contribution in [0.1, 0.15) is 17.0 Å². The highest BCUT2D eigenvalue weighted by Crippen LogP contribution is 2.13. The molecule has 0 unspecified atom stereocenters. The van der Waals surface area contributed by atoms with Gasteiger partial charge in [0, 0.05) is 0 Å². The van der Waals surface area contributed by atoms with Crippen molar-refractivity contribution in [2.45, 2.75) is 13.5 Å². The topological polar surface area (TPSA) is 55.2 Å². The van der Waals surface area contributed by atoms with Crippen LogP contribution in [0.3, 0.4) is 0 Å². The highest BCUT2D eigenvalue weighted by molar-refractivity contribution is 7.71. The number of benzene rings is 2.